The van der Waals surface area contributed by atoms with Crippen molar-refractivity contribution in [2.24, 2.45) is 0 Å². The van der Waals surface area contributed by atoms with Crippen molar-refractivity contribution in [2.75, 3.05) is 26.2 Å². The van der Waals surface area contributed by atoms with Gasteiger partial charge in [-0.25, -0.2) is 0 Å². The van der Waals surface area contributed by atoms with E-state index in [9.17, 15) is 0 Å². The Kier molecular flexibility index (Phi) is 16.0. The van der Waals surface area contributed by atoms with Gasteiger partial charge in [0.1, 0.15) is 0 Å². The molecular weight excluding hydrogens is 371 g/mol. The maximum absolute atomic E-state index is 8.61. The molecule has 0 aliphatic rings. The number of nitrogens with zero attached hydrogens (tertiary/aromatic N) is 1. The van der Waals surface area contributed by atoms with E-state index in [2.05, 4.69) is 27.7 Å². The van der Waals surface area contributed by atoms with Crippen LogP contribution in [0.2, 0.25) is 0 Å². The van der Waals surface area contributed by atoms with Crippen molar-refractivity contribution < 1.29 is 34.1 Å². The van der Waals surface area contributed by atoms with Crippen molar-refractivity contribution in [1.82, 2.24) is 0 Å². The van der Waals surface area contributed by atoms with E-state index in [4.69, 9.17) is 14.7 Å². The molecule has 22 heavy (non-hydrogen) atoms. The van der Waals surface area contributed by atoms with Crippen LogP contribution in [0.3, 0.4) is 0 Å². The Balaban J connectivity index is 0. The zero-order chi connectivity index (χ0) is 17.5. The first-order valence-corrected chi connectivity index (χ1v) is 11.5. The SMILES string of the molecule is CCCC[N+](CCCC)(CCCC)CCCC.[O]=[Ru](=[O])(=[O])[O-]. The Bertz CT molecular complexity index is 336. The van der Waals surface area contributed by atoms with Crippen molar-refractivity contribution in [1.29, 1.82) is 0 Å². The van der Waals surface area contributed by atoms with Gasteiger partial charge in [-0.1, -0.05) is 53.4 Å². The Morgan fingerprint density at radius 2 is 0.818 bits per heavy atom. The molecule has 0 aromatic heterocycles. The number of quaternary nitrogens is 1. The molecule has 0 aromatic rings. The van der Waals surface area contributed by atoms with Crippen molar-refractivity contribution in [2.45, 2.75) is 79.1 Å². The summed E-state index contributed by atoms with van der Waals surface area (Å²) in [4.78, 5) is 0. The molecule has 0 aliphatic heterocycles. The third-order valence-electron chi connectivity index (χ3n) is 3.94. The molecule has 6 heteroatoms. The number of hydrogen-bond acceptors (Lipinski definition) is 4. The van der Waals surface area contributed by atoms with Gasteiger partial charge < -0.3 is 4.48 Å². The predicted molar refractivity (Wildman–Crippen MR) is 81.4 cm³/mol. The van der Waals surface area contributed by atoms with Crippen LogP contribution in [0.4, 0.5) is 0 Å². The van der Waals surface area contributed by atoms with Crippen LogP contribution in [0.5, 0.6) is 0 Å². The van der Waals surface area contributed by atoms with E-state index in [1.807, 2.05) is 0 Å². The summed E-state index contributed by atoms with van der Waals surface area (Å²) >= 11 is -5.86. The number of hydrogen-bond donors (Lipinski definition) is 0. The molecular formula is C16H36NO4Ru. The molecule has 0 aromatic carbocycles. The summed E-state index contributed by atoms with van der Waals surface area (Å²) in [5, 5.41) is 0. The molecule has 0 heterocycles. The Labute approximate surface area is 139 Å². The molecule has 0 N–H and O–H groups in total. The van der Waals surface area contributed by atoms with Crippen LogP contribution in [-0.4, -0.2) is 30.7 Å². The average molecular weight is 408 g/mol. The van der Waals surface area contributed by atoms with Gasteiger partial charge in [-0.3, -0.25) is 0 Å². The van der Waals surface area contributed by atoms with E-state index in [0.717, 1.165) is 0 Å². The van der Waals surface area contributed by atoms with E-state index in [-0.39, 0.29) is 0 Å². The average Bonchev–Trinajstić information content (AvgIpc) is 2.44. The van der Waals surface area contributed by atoms with E-state index >= 15 is 0 Å². The second-order valence-corrected chi connectivity index (χ2v) is 7.74. The van der Waals surface area contributed by atoms with Crippen LogP contribution >= 0.6 is 0 Å². The summed E-state index contributed by atoms with van der Waals surface area (Å²) in [5.41, 5.74) is 0. The van der Waals surface area contributed by atoms with Gasteiger partial charge >= 0.3 is 29.6 Å². The van der Waals surface area contributed by atoms with Crippen molar-refractivity contribution in [3.63, 3.8) is 0 Å². The van der Waals surface area contributed by atoms with Gasteiger partial charge in [0.2, 0.25) is 0 Å². The first-order chi connectivity index (χ1) is 10.2. The summed E-state index contributed by atoms with van der Waals surface area (Å²) in [6.45, 7) is 15.0. The van der Waals surface area contributed by atoms with E-state index in [1.165, 1.54) is 82.0 Å². The molecule has 0 radical (unpaired) electrons. The van der Waals surface area contributed by atoms with Crippen LogP contribution in [0.15, 0.2) is 0 Å². The second kappa shape index (κ2) is 14.5. The Morgan fingerprint density at radius 3 is 0.955 bits per heavy atom. The van der Waals surface area contributed by atoms with Gasteiger partial charge in [0.25, 0.3) is 0 Å². The molecule has 0 spiro atoms. The van der Waals surface area contributed by atoms with Gasteiger partial charge in [-0.2, -0.15) is 0 Å². The summed E-state index contributed by atoms with van der Waals surface area (Å²) in [6, 6.07) is 0. The summed E-state index contributed by atoms with van der Waals surface area (Å²) < 4.78 is 35.8. The third kappa shape index (κ3) is 18.0. The Morgan fingerprint density at radius 1 is 0.636 bits per heavy atom. The molecule has 0 bridgehead atoms. The summed E-state index contributed by atoms with van der Waals surface area (Å²) in [7, 11) is 0. The zero-order valence-electron chi connectivity index (χ0n) is 14.9. The molecule has 5 nitrogen and oxygen atoms in total. The molecule has 0 atom stereocenters. The molecule has 0 saturated heterocycles. The van der Waals surface area contributed by atoms with Crippen LogP contribution in [0.25, 0.3) is 0 Å². The van der Waals surface area contributed by atoms with Gasteiger partial charge in [-0.05, 0) is 25.7 Å². The third-order valence-corrected chi connectivity index (χ3v) is 3.94. The van der Waals surface area contributed by atoms with Crippen molar-refractivity contribution in [3.8, 4) is 0 Å². The van der Waals surface area contributed by atoms with Crippen molar-refractivity contribution in [3.05, 3.63) is 0 Å². The van der Waals surface area contributed by atoms with Crippen LogP contribution in [0, 0.1) is 0 Å². The molecule has 0 amide bonds. The molecule has 0 aliphatic carbocycles. The van der Waals surface area contributed by atoms with E-state index in [1.54, 1.807) is 0 Å². The monoisotopic (exact) mass is 408 g/mol. The molecule has 0 saturated carbocycles. The van der Waals surface area contributed by atoms with Crippen LogP contribution < -0.4 is 3.93 Å². The Hall–Kier alpha value is -0.0566. The van der Waals surface area contributed by atoms with E-state index < -0.39 is 15.0 Å². The maximum atomic E-state index is 8.61. The summed E-state index contributed by atoms with van der Waals surface area (Å²) in [5.74, 6) is 0. The first-order valence-electron chi connectivity index (χ1n) is 8.67. The topological polar surface area (TPSA) is 74.3 Å². The predicted octanol–water partition coefficient (Wildman–Crippen LogP) is 3.46. The fourth-order valence-corrected chi connectivity index (χ4v) is 2.64. The van der Waals surface area contributed by atoms with Crippen LogP contribution in [0.1, 0.15) is 79.1 Å². The molecule has 0 rings (SSSR count). The van der Waals surface area contributed by atoms with Gasteiger partial charge in [0, 0.05) is 0 Å². The van der Waals surface area contributed by atoms with Crippen molar-refractivity contribution >= 4 is 0 Å². The minimum atomic E-state index is -5.86. The fourth-order valence-electron chi connectivity index (χ4n) is 2.64. The molecule has 0 fully saturated rings. The zero-order valence-corrected chi connectivity index (χ0v) is 16.7. The van der Waals surface area contributed by atoms with Gasteiger partial charge in [-0.15, -0.1) is 0 Å². The molecule has 137 valence electrons. The summed E-state index contributed by atoms with van der Waals surface area (Å²) in [6.07, 6.45) is 11.1. The van der Waals surface area contributed by atoms with Gasteiger partial charge in [0.15, 0.2) is 0 Å². The van der Waals surface area contributed by atoms with E-state index in [0.29, 0.717) is 0 Å². The minimum absolute atomic E-state index is 1.35. The number of rotatable bonds is 12. The standard InChI is InChI=1S/C16H36N.4O.Ru/c1-5-9-13-17(14-10-6-2,15-11-7-3)16-12-8-4;;;;;/h5-16H2,1-4H3;;;;;/q+1;;;;-1;. The normalized spacial score (nSPS) is 11.9. The number of unbranched alkanes of at least 4 members (excludes halogenated alkanes) is 4. The second-order valence-electron chi connectivity index (χ2n) is 6.00. The quantitative estimate of drug-likeness (QED) is 0.367. The molecule has 0 unspecified atom stereocenters. The van der Waals surface area contributed by atoms with Crippen LogP contribution in [-0.2, 0) is 25.7 Å². The van der Waals surface area contributed by atoms with Gasteiger partial charge in [0.05, 0.1) is 26.2 Å². The fraction of sp³-hybridized carbons (Fsp3) is 1.00. The first kappa shape index (κ1) is 24.2.